The van der Waals surface area contributed by atoms with Crippen molar-refractivity contribution in [2.24, 2.45) is 0 Å². The van der Waals surface area contributed by atoms with Crippen molar-refractivity contribution in [3.05, 3.63) is 0 Å². The second-order valence-corrected chi connectivity index (χ2v) is 4.81. The van der Waals surface area contributed by atoms with E-state index in [1.165, 1.54) is 14.0 Å². The van der Waals surface area contributed by atoms with Crippen molar-refractivity contribution in [3.8, 4) is 0 Å². The van der Waals surface area contributed by atoms with Crippen molar-refractivity contribution in [2.75, 3.05) is 7.11 Å². The van der Waals surface area contributed by atoms with E-state index in [4.69, 9.17) is 4.74 Å². The Bertz CT molecular complexity index is 270. The number of aliphatic hydroxyl groups excluding tert-OH is 1. The Morgan fingerprint density at radius 2 is 1.88 bits per heavy atom. The fourth-order valence-electron chi connectivity index (χ4n) is 1.15. The molecule has 0 heterocycles. The minimum Gasteiger partial charge on any atom is -0.467 e. The summed E-state index contributed by atoms with van der Waals surface area (Å²) in [7, 11) is 1.22. The molecule has 0 saturated carbocycles. The summed E-state index contributed by atoms with van der Waals surface area (Å²) in [4.78, 5) is 22.8. The van der Waals surface area contributed by atoms with Gasteiger partial charge < -0.3 is 19.9 Å². The van der Waals surface area contributed by atoms with Crippen LogP contribution in [-0.2, 0) is 14.3 Å². The first kappa shape index (κ1) is 15.7. The predicted octanol–water partition coefficient (Wildman–Crippen LogP) is 0.824. The molecule has 0 saturated heterocycles. The van der Waals surface area contributed by atoms with Crippen LogP contribution in [0.15, 0.2) is 0 Å². The number of nitrogens with one attached hydrogen (secondary N) is 1. The summed E-state index contributed by atoms with van der Waals surface area (Å²) in [5, 5.41) is 11.6. The maximum absolute atomic E-state index is 11.4. The fraction of sp³-hybridized carbons (Fsp3) is 0.818. The lowest BCUT2D eigenvalue weighted by Crippen LogP contribution is -2.45. The molecule has 0 aromatic carbocycles. The highest BCUT2D eigenvalue weighted by Crippen LogP contribution is 2.08. The van der Waals surface area contributed by atoms with Crippen LogP contribution in [0.4, 0.5) is 4.79 Å². The standard InChI is InChI=1S/C11H21NO5/c1-7(13)6-8(9(14)16-5)12-10(15)17-11(2,3)4/h7-8,13H,6H2,1-5H3,(H,12,15)/t7-,8-/m0/s1. The largest absolute Gasteiger partial charge is 0.467 e. The number of hydrogen-bond donors (Lipinski definition) is 2. The molecule has 0 radical (unpaired) electrons. The Morgan fingerprint density at radius 3 is 2.24 bits per heavy atom. The fourth-order valence-corrected chi connectivity index (χ4v) is 1.15. The van der Waals surface area contributed by atoms with Crippen LogP contribution < -0.4 is 5.32 Å². The molecule has 6 nitrogen and oxygen atoms in total. The van der Waals surface area contributed by atoms with Gasteiger partial charge in [-0.1, -0.05) is 0 Å². The third kappa shape index (κ3) is 7.57. The van der Waals surface area contributed by atoms with Crippen molar-refractivity contribution in [2.45, 2.75) is 51.9 Å². The number of methoxy groups -OCH3 is 1. The lowest BCUT2D eigenvalue weighted by atomic mass is 10.1. The van der Waals surface area contributed by atoms with Crippen LogP contribution in [0.25, 0.3) is 0 Å². The summed E-state index contributed by atoms with van der Waals surface area (Å²) in [5.74, 6) is -0.614. The lowest BCUT2D eigenvalue weighted by molar-refractivity contribution is -0.143. The second kappa shape index (κ2) is 6.44. The van der Waals surface area contributed by atoms with Gasteiger partial charge in [0.2, 0.25) is 0 Å². The quantitative estimate of drug-likeness (QED) is 0.718. The van der Waals surface area contributed by atoms with Gasteiger partial charge in [-0.25, -0.2) is 9.59 Å². The molecule has 0 aliphatic carbocycles. The Balaban J connectivity index is 4.43. The summed E-state index contributed by atoms with van der Waals surface area (Å²) in [6.07, 6.45) is -1.37. The molecule has 2 N–H and O–H groups in total. The van der Waals surface area contributed by atoms with Gasteiger partial charge in [-0.2, -0.15) is 0 Å². The SMILES string of the molecule is COC(=O)[C@H](C[C@H](C)O)NC(=O)OC(C)(C)C. The highest BCUT2D eigenvalue weighted by molar-refractivity contribution is 5.81. The molecule has 0 bridgehead atoms. The summed E-state index contributed by atoms with van der Waals surface area (Å²) in [6.45, 7) is 6.67. The maximum atomic E-state index is 11.4. The second-order valence-electron chi connectivity index (χ2n) is 4.81. The molecule has 1 amide bonds. The van der Waals surface area contributed by atoms with Gasteiger partial charge in [0, 0.05) is 6.42 Å². The Kier molecular flexibility index (Phi) is 5.95. The van der Waals surface area contributed by atoms with Crippen molar-refractivity contribution < 1.29 is 24.2 Å². The first-order valence-corrected chi connectivity index (χ1v) is 5.41. The zero-order valence-corrected chi connectivity index (χ0v) is 10.9. The summed E-state index contributed by atoms with van der Waals surface area (Å²) in [5.41, 5.74) is -0.643. The first-order chi connectivity index (χ1) is 7.65. The Labute approximate surface area is 101 Å². The van der Waals surface area contributed by atoms with E-state index in [0.717, 1.165) is 0 Å². The number of hydrogen-bond acceptors (Lipinski definition) is 5. The Morgan fingerprint density at radius 1 is 1.35 bits per heavy atom. The number of alkyl carbamates (subject to hydrolysis) is 1. The van der Waals surface area contributed by atoms with Crippen LogP contribution >= 0.6 is 0 Å². The zero-order chi connectivity index (χ0) is 13.6. The molecule has 17 heavy (non-hydrogen) atoms. The minimum absolute atomic E-state index is 0.0753. The number of carbonyl (C=O) groups excluding carboxylic acids is 2. The van der Waals surface area contributed by atoms with E-state index in [0.29, 0.717) is 0 Å². The molecule has 2 atom stereocenters. The monoisotopic (exact) mass is 247 g/mol. The number of ether oxygens (including phenoxy) is 2. The van der Waals surface area contributed by atoms with E-state index in [2.05, 4.69) is 10.1 Å². The zero-order valence-electron chi connectivity index (χ0n) is 10.9. The molecule has 0 aromatic heterocycles. The van der Waals surface area contributed by atoms with Gasteiger partial charge in [0.05, 0.1) is 13.2 Å². The number of amides is 1. The topological polar surface area (TPSA) is 84.9 Å². The third-order valence-corrected chi connectivity index (χ3v) is 1.75. The highest BCUT2D eigenvalue weighted by Gasteiger charge is 2.25. The number of rotatable bonds is 4. The van der Waals surface area contributed by atoms with Crippen molar-refractivity contribution >= 4 is 12.1 Å². The molecule has 0 rings (SSSR count). The molecule has 0 fully saturated rings. The van der Waals surface area contributed by atoms with Crippen molar-refractivity contribution in [3.63, 3.8) is 0 Å². The molecule has 100 valence electrons. The molecular formula is C11H21NO5. The molecule has 6 heteroatoms. The van der Waals surface area contributed by atoms with Gasteiger partial charge in [-0.05, 0) is 27.7 Å². The van der Waals surface area contributed by atoms with E-state index in [1.54, 1.807) is 20.8 Å². The molecule has 0 aliphatic rings. The van der Waals surface area contributed by atoms with Gasteiger partial charge >= 0.3 is 12.1 Å². The first-order valence-electron chi connectivity index (χ1n) is 5.41. The normalized spacial score (nSPS) is 14.7. The van der Waals surface area contributed by atoms with Crippen LogP contribution in [0, 0.1) is 0 Å². The van der Waals surface area contributed by atoms with Gasteiger partial charge in [0.1, 0.15) is 11.6 Å². The van der Waals surface area contributed by atoms with Gasteiger partial charge in [0.15, 0.2) is 0 Å². The number of carbonyl (C=O) groups is 2. The lowest BCUT2D eigenvalue weighted by Gasteiger charge is -2.23. The van der Waals surface area contributed by atoms with Crippen molar-refractivity contribution in [1.29, 1.82) is 0 Å². The molecule has 0 unspecified atom stereocenters. The predicted molar refractivity (Wildman–Crippen MR) is 61.5 cm³/mol. The van der Waals surface area contributed by atoms with Crippen molar-refractivity contribution in [1.82, 2.24) is 5.32 Å². The van der Waals surface area contributed by atoms with Crippen LogP contribution in [0.3, 0.4) is 0 Å². The number of aliphatic hydroxyl groups is 1. The summed E-state index contributed by atoms with van der Waals surface area (Å²) < 4.78 is 9.53. The van der Waals surface area contributed by atoms with Gasteiger partial charge in [0.25, 0.3) is 0 Å². The van der Waals surface area contributed by atoms with Gasteiger partial charge in [-0.15, -0.1) is 0 Å². The third-order valence-electron chi connectivity index (χ3n) is 1.75. The highest BCUT2D eigenvalue weighted by atomic mass is 16.6. The van der Waals surface area contributed by atoms with Crippen LogP contribution in [0.2, 0.25) is 0 Å². The van der Waals surface area contributed by atoms with E-state index >= 15 is 0 Å². The van der Waals surface area contributed by atoms with Gasteiger partial charge in [-0.3, -0.25) is 0 Å². The maximum Gasteiger partial charge on any atom is 0.408 e. The van der Waals surface area contributed by atoms with Crippen LogP contribution in [0.5, 0.6) is 0 Å². The Hall–Kier alpha value is -1.30. The average molecular weight is 247 g/mol. The van der Waals surface area contributed by atoms with E-state index < -0.39 is 29.8 Å². The van der Waals surface area contributed by atoms with Crippen LogP contribution in [0.1, 0.15) is 34.1 Å². The molecule has 0 spiro atoms. The molecule has 0 aromatic rings. The van der Waals surface area contributed by atoms with E-state index in [9.17, 15) is 14.7 Å². The minimum atomic E-state index is -0.908. The molecule has 0 aliphatic heterocycles. The van der Waals surface area contributed by atoms with Crippen LogP contribution in [-0.4, -0.2) is 42.0 Å². The summed E-state index contributed by atoms with van der Waals surface area (Å²) >= 11 is 0. The molecular weight excluding hydrogens is 226 g/mol. The summed E-state index contributed by atoms with van der Waals surface area (Å²) in [6, 6.07) is -0.908. The average Bonchev–Trinajstić information content (AvgIpc) is 2.11. The smallest absolute Gasteiger partial charge is 0.408 e. The van der Waals surface area contributed by atoms with E-state index in [1.807, 2.05) is 0 Å². The number of esters is 1. The van der Waals surface area contributed by atoms with E-state index in [-0.39, 0.29) is 6.42 Å².